The number of alkyl halides is 4. The van der Waals surface area contributed by atoms with Crippen LogP contribution in [-0.4, -0.2) is 12.7 Å². The smallest absolute Gasteiger partial charge is 0.399 e. The summed E-state index contributed by atoms with van der Waals surface area (Å²) in [6.45, 7) is -0.854. The van der Waals surface area contributed by atoms with E-state index in [4.69, 9.17) is 11.6 Å². The zero-order valence-corrected chi connectivity index (χ0v) is 13.9. The van der Waals surface area contributed by atoms with Crippen molar-refractivity contribution in [3.63, 3.8) is 0 Å². The molecule has 0 radical (unpaired) electrons. The number of hydrogen-bond acceptors (Lipinski definition) is 4. The highest BCUT2D eigenvalue weighted by molar-refractivity contribution is 6.00. The summed E-state index contributed by atoms with van der Waals surface area (Å²) in [6, 6.07) is 9.78. The van der Waals surface area contributed by atoms with E-state index in [1.165, 1.54) is 42.6 Å². The van der Waals surface area contributed by atoms with Gasteiger partial charge in [0.25, 0.3) is 0 Å². The van der Waals surface area contributed by atoms with Gasteiger partial charge in [0.15, 0.2) is 0 Å². The highest BCUT2D eigenvalue weighted by Crippen LogP contribution is 2.34. The van der Waals surface area contributed by atoms with E-state index in [2.05, 4.69) is 10.6 Å². The van der Waals surface area contributed by atoms with Gasteiger partial charge in [0.2, 0.25) is 0 Å². The fraction of sp³-hybridized carbons (Fsp3) is 0.118. The van der Waals surface area contributed by atoms with E-state index in [1.54, 1.807) is 0 Å². The van der Waals surface area contributed by atoms with Crippen molar-refractivity contribution >= 4 is 23.1 Å². The lowest BCUT2D eigenvalue weighted by atomic mass is 10.1. The van der Waals surface area contributed by atoms with Crippen molar-refractivity contribution in [1.82, 2.24) is 0 Å². The van der Waals surface area contributed by atoms with Crippen LogP contribution >= 0.6 is 0 Å². The predicted molar refractivity (Wildman–Crippen MR) is 95.4 cm³/mol. The van der Waals surface area contributed by atoms with Crippen LogP contribution in [0.5, 0.6) is 0 Å². The molecule has 2 rings (SSSR count). The number of nitrogens with two attached hydrogens (primary N) is 2. The van der Waals surface area contributed by atoms with E-state index in [-0.39, 0.29) is 11.4 Å². The molecule has 6 nitrogen and oxygen atoms in total. The lowest BCUT2D eigenvalue weighted by Crippen LogP contribution is -2.26. The number of rotatable bonds is 5. The molecule has 10 heteroatoms. The maximum Gasteiger partial charge on any atom is 0.418 e. The highest BCUT2D eigenvalue weighted by Gasteiger charge is 2.33. The van der Waals surface area contributed by atoms with Crippen LogP contribution in [0.3, 0.4) is 0 Å². The predicted octanol–water partition coefficient (Wildman–Crippen LogP) is 3.80. The number of nitrogens with zero attached hydrogens (tertiary/aromatic N) is 1. The van der Waals surface area contributed by atoms with Crippen LogP contribution in [0.15, 0.2) is 60.4 Å². The molecule has 27 heavy (non-hydrogen) atoms. The SMILES string of the molecule is N/C(=C\N(N)c1ccc(NC(=O)Nc2ccccc2C(F)(F)F)cc1)CF. The van der Waals surface area contributed by atoms with Crippen molar-refractivity contribution in [1.29, 1.82) is 0 Å². The standard InChI is InChI=1S/C17H17F4N5O/c18-9-11(22)10-26(23)13-7-5-12(6-8-13)24-16(27)25-15-4-2-1-3-14(15)17(19,20)21/h1-8,10H,9,22-23H2,(H2,24,25,27)/b11-10-. The molecule has 0 saturated carbocycles. The number of carbonyl (C=O) groups is 1. The molecular weight excluding hydrogens is 366 g/mol. The number of benzene rings is 2. The largest absolute Gasteiger partial charge is 0.418 e. The number of allylic oxidation sites excluding steroid dienone is 1. The molecule has 0 spiro atoms. The lowest BCUT2D eigenvalue weighted by molar-refractivity contribution is -0.136. The van der Waals surface area contributed by atoms with Gasteiger partial charge >= 0.3 is 12.2 Å². The number of urea groups is 1. The molecule has 0 aliphatic carbocycles. The molecular formula is C17H17F4N5O. The average Bonchev–Trinajstić information content (AvgIpc) is 2.61. The minimum atomic E-state index is -4.59. The minimum absolute atomic E-state index is 0.0672. The summed E-state index contributed by atoms with van der Waals surface area (Å²) in [6.07, 6.45) is -3.39. The zero-order valence-electron chi connectivity index (χ0n) is 13.9. The van der Waals surface area contributed by atoms with Crippen molar-refractivity contribution in [3.05, 3.63) is 66.0 Å². The van der Waals surface area contributed by atoms with Crippen molar-refractivity contribution in [2.24, 2.45) is 11.6 Å². The third-order valence-electron chi connectivity index (χ3n) is 3.36. The second kappa shape index (κ2) is 8.41. The molecule has 0 saturated heterocycles. The van der Waals surface area contributed by atoms with Gasteiger partial charge in [-0.15, -0.1) is 0 Å². The summed E-state index contributed by atoms with van der Waals surface area (Å²) in [7, 11) is 0. The monoisotopic (exact) mass is 383 g/mol. The van der Waals surface area contributed by atoms with Gasteiger partial charge in [-0.3, -0.25) is 5.01 Å². The quantitative estimate of drug-likeness (QED) is 0.359. The van der Waals surface area contributed by atoms with E-state index < -0.39 is 24.4 Å². The minimum Gasteiger partial charge on any atom is -0.399 e. The Hall–Kier alpha value is -3.27. The molecule has 0 atom stereocenters. The fourth-order valence-electron chi connectivity index (χ4n) is 2.13. The molecule has 0 aromatic heterocycles. The number of halogens is 4. The van der Waals surface area contributed by atoms with Gasteiger partial charge in [-0.1, -0.05) is 12.1 Å². The Kier molecular flexibility index (Phi) is 6.24. The Bertz CT molecular complexity index is 821. The van der Waals surface area contributed by atoms with Crippen LogP contribution in [-0.2, 0) is 6.18 Å². The molecule has 0 aliphatic heterocycles. The van der Waals surface area contributed by atoms with Gasteiger partial charge in [0, 0.05) is 11.9 Å². The van der Waals surface area contributed by atoms with Gasteiger partial charge in [0.1, 0.15) is 6.67 Å². The molecule has 2 aromatic rings. The first-order valence-corrected chi connectivity index (χ1v) is 7.61. The van der Waals surface area contributed by atoms with Gasteiger partial charge in [-0.05, 0) is 36.4 Å². The van der Waals surface area contributed by atoms with Crippen molar-refractivity contribution in [2.75, 3.05) is 22.3 Å². The normalized spacial score (nSPS) is 11.8. The second-order valence-corrected chi connectivity index (χ2v) is 5.41. The summed E-state index contributed by atoms with van der Waals surface area (Å²) in [5.41, 5.74) is 4.74. The molecule has 6 N–H and O–H groups in total. The maximum atomic E-state index is 12.9. The van der Waals surface area contributed by atoms with Crippen LogP contribution in [0.4, 0.5) is 39.4 Å². The zero-order chi connectivity index (χ0) is 20.0. The first-order valence-electron chi connectivity index (χ1n) is 7.61. The third-order valence-corrected chi connectivity index (χ3v) is 3.36. The topological polar surface area (TPSA) is 96.4 Å². The number of anilines is 3. The first-order chi connectivity index (χ1) is 12.7. The average molecular weight is 383 g/mol. The van der Waals surface area contributed by atoms with Gasteiger partial charge < -0.3 is 16.4 Å². The van der Waals surface area contributed by atoms with Gasteiger partial charge in [-0.25, -0.2) is 15.0 Å². The summed E-state index contributed by atoms with van der Waals surface area (Å²) < 4.78 is 51.2. The van der Waals surface area contributed by atoms with Crippen LogP contribution in [0, 0.1) is 0 Å². The van der Waals surface area contributed by atoms with Crippen LogP contribution in [0.1, 0.15) is 5.56 Å². The summed E-state index contributed by atoms with van der Waals surface area (Å²) >= 11 is 0. The Morgan fingerprint density at radius 2 is 1.70 bits per heavy atom. The van der Waals surface area contributed by atoms with E-state index in [0.29, 0.717) is 11.4 Å². The van der Waals surface area contributed by atoms with Gasteiger partial charge in [0.05, 0.1) is 22.6 Å². The Balaban J connectivity index is 2.05. The summed E-state index contributed by atoms with van der Waals surface area (Å²) in [5, 5.41) is 5.67. The second-order valence-electron chi connectivity index (χ2n) is 5.41. The number of amides is 2. The lowest BCUT2D eigenvalue weighted by Gasteiger charge is -2.16. The fourth-order valence-corrected chi connectivity index (χ4v) is 2.13. The van der Waals surface area contributed by atoms with E-state index in [1.807, 2.05) is 0 Å². The molecule has 2 aromatic carbocycles. The molecule has 0 heterocycles. The van der Waals surface area contributed by atoms with E-state index in [0.717, 1.165) is 17.1 Å². The number of carbonyl (C=O) groups excluding carboxylic acids is 1. The summed E-state index contributed by atoms with van der Waals surface area (Å²) in [4.78, 5) is 12.0. The van der Waals surface area contributed by atoms with Crippen LogP contribution in [0.2, 0.25) is 0 Å². The highest BCUT2D eigenvalue weighted by atomic mass is 19.4. The molecule has 0 aliphatic rings. The van der Waals surface area contributed by atoms with E-state index in [9.17, 15) is 22.4 Å². The molecule has 144 valence electrons. The Labute approximate surface area is 152 Å². The number of hydrogen-bond donors (Lipinski definition) is 4. The number of hydrazine groups is 1. The Morgan fingerprint density at radius 3 is 2.30 bits per heavy atom. The Morgan fingerprint density at radius 1 is 1.07 bits per heavy atom. The molecule has 0 bridgehead atoms. The molecule has 2 amide bonds. The van der Waals surface area contributed by atoms with Crippen LogP contribution < -0.4 is 27.2 Å². The van der Waals surface area contributed by atoms with E-state index >= 15 is 0 Å². The van der Waals surface area contributed by atoms with Crippen LogP contribution in [0.25, 0.3) is 0 Å². The number of nitrogens with one attached hydrogen (secondary N) is 2. The third kappa shape index (κ3) is 5.61. The molecule has 0 fully saturated rings. The molecule has 0 unspecified atom stereocenters. The first kappa shape index (κ1) is 20.0. The maximum absolute atomic E-state index is 12.9. The van der Waals surface area contributed by atoms with Crippen molar-refractivity contribution in [3.8, 4) is 0 Å². The summed E-state index contributed by atoms with van der Waals surface area (Å²) in [5.74, 6) is 5.69. The number of para-hydroxylation sites is 1. The van der Waals surface area contributed by atoms with Crippen molar-refractivity contribution < 1.29 is 22.4 Å². The van der Waals surface area contributed by atoms with Gasteiger partial charge in [-0.2, -0.15) is 13.2 Å². The van der Waals surface area contributed by atoms with Crippen molar-refractivity contribution in [2.45, 2.75) is 6.18 Å².